The smallest absolute Gasteiger partial charge is 0.250 e. The second-order valence-electron chi connectivity index (χ2n) is 4.67. The standard InChI is InChI=1S/C17H18N2O2S/c1-13-3-9-16(10-4-13)22-12-17(20)19-18-11-14-5-7-15(21-2)8-6-14/h3-11H,12H2,1-2H3,(H,19,20)/b18-11-. The maximum atomic E-state index is 11.7. The van der Waals surface area contributed by atoms with Crippen LogP contribution in [0, 0.1) is 6.92 Å². The summed E-state index contributed by atoms with van der Waals surface area (Å²) in [5.41, 5.74) is 4.62. The summed E-state index contributed by atoms with van der Waals surface area (Å²) in [5.74, 6) is 0.995. The minimum absolute atomic E-state index is 0.129. The minimum atomic E-state index is -0.129. The van der Waals surface area contributed by atoms with Gasteiger partial charge in [0.15, 0.2) is 0 Å². The zero-order valence-electron chi connectivity index (χ0n) is 12.6. The van der Waals surface area contributed by atoms with Crippen LogP contribution in [0.5, 0.6) is 5.75 Å². The number of amides is 1. The molecule has 0 aliphatic heterocycles. The number of carbonyl (C=O) groups is 1. The Balaban J connectivity index is 1.76. The van der Waals surface area contributed by atoms with E-state index in [-0.39, 0.29) is 5.91 Å². The number of thioether (sulfide) groups is 1. The average molecular weight is 314 g/mol. The number of benzene rings is 2. The lowest BCUT2D eigenvalue weighted by Gasteiger charge is -2.02. The second kappa shape index (κ2) is 8.24. The summed E-state index contributed by atoms with van der Waals surface area (Å²) in [4.78, 5) is 12.8. The van der Waals surface area contributed by atoms with Crippen molar-refractivity contribution in [3.8, 4) is 5.75 Å². The van der Waals surface area contributed by atoms with E-state index in [4.69, 9.17) is 4.74 Å². The van der Waals surface area contributed by atoms with Crippen molar-refractivity contribution in [3.63, 3.8) is 0 Å². The molecule has 2 aromatic carbocycles. The number of hydrogen-bond donors (Lipinski definition) is 1. The first-order chi connectivity index (χ1) is 10.7. The first kappa shape index (κ1) is 16.1. The van der Waals surface area contributed by atoms with Crippen molar-refractivity contribution in [3.05, 3.63) is 59.7 Å². The molecule has 0 radical (unpaired) electrons. The molecule has 114 valence electrons. The molecule has 0 bridgehead atoms. The van der Waals surface area contributed by atoms with Crippen molar-refractivity contribution in [2.75, 3.05) is 12.9 Å². The molecule has 22 heavy (non-hydrogen) atoms. The Morgan fingerprint density at radius 2 is 1.86 bits per heavy atom. The lowest BCUT2D eigenvalue weighted by atomic mass is 10.2. The Morgan fingerprint density at radius 1 is 1.18 bits per heavy atom. The van der Waals surface area contributed by atoms with E-state index in [1.54, 1.807) is 13.3 Å². The molecule has 0 aliphatic carbocycles. The molecule has 0 saturated heterocycles. The second-order valence-corrected chi connectivity index (χ2v) is 5.72. The molecule has 0 saturated carbocycles. The average Bonchev–Trinajstić information content (AvgIpc) is 2.55. The molecule has 0 aliphatic rings. The van der Waals surface area contributed by atoms with Gasteiger partial charge in [-0.05, 0) is 48.9 Å². The molecule has 5 heteroatoms. The summed E-state index contributed by atoms with van der Waals surface area (Å²) >= 11 is 1.49. The fourth-order valence-corrected chi connectivity index (χ4v) is 2.38. The maximum Gasteiger partial charge on any atom is 0.250 e. The number of methoxy groups -OCH3 is 1. The van der Waals surface area contributed by atoms with Gasteiger partial charge in [0.1, 0.15) is 5.75 Å². The predicted octanol–water partition coefficient (Wildman–Crippen LogP) is 3.25. The monoisotopic (exact) mass is 314 g/mol. The number of nitrogens with zero attached hydrogens (tertiary/aromatic N) is 1. The summed E-state index contributed by atoms with van der Waals surface area (Å²) in [6, 6.07) is 15.5. The lowest BCUT2D eigenvalue weighted by molar-refractivity contribution is -0.118. The van der Waals surface area contributed by atoms with Crippen LogP contribution in [-0.4, -0.2) is 25.0 Å². The van der Waals surface area contributed by atoms with Gasteiger partial charge in [-0.2, -0.15) is 5.10 Å². The van der Waals surface area contributed by atoms with Crippen LogP contribution >= 0.6 is 11.8 Å². The van der Waals surface area contributed by atoms with Crippen LogP contribution in [0.15, 0.2) is 58.5 Å². The summed E-state index contributed by atoms with van der Waals surface area (Å²) in [6.07, 6.45) is 1.61. The van der Waals surface area contributed by atoms with E-state index in [1.807, 2.05) is 55.5 Å². The maximum absolute atomic E-state index is 11.7. The number of carbonyl (C=O) groups excluding carboxylic acids is 1. The van der Waals surface area contributed by atoms with E-state index in [1.165, 1.54) is 17.3 Å². The van der Waals surface area contributed by atoms with Crippen LogP contribution in [-0.2, 0) is 4.79 Å². The van der Waals surface area contributed by atoms with Crippen molar-refractivity contribution >= 4 is 23.9 Å². The predicted molar refractivity (Wildman–Crippen MR) is 90.6 cm³/mol. The molecule has 2 rings (SSSR count). The molecule has 0 aromatic heterocycles. The number of hydrogen-bond acceptors (Lipinski definition) is 4. The molecule has 1 N–H and O–H groups in total. The number of nitrogens with one attached hydrogen (secondary N) is 1. The molecule has 0 spiro atoms. The molecular formula is C17H18N2O2S. The highest BCUT2D eigenvalue weighted by Crippen LogP contribution is 2.17. The van der Waals surface area contributed by atoms with Gasteiger partial charge in [-0.25, -0.2) is 5.43 Å². The van der Waals surface area contributed by atoms with Gasteiger partial charge in [-0.1, -0.05) is 17.7 Å². The summed E-state index contributed by atoms with van der Waals surface area (Å²) < 4.78 is 5.08. The Bertz CT molecular complexity index is 637. The number of hydrazone groups is 1. The molecular weight excluding hydrogens is 296 g/mol. The first-order valence-corrected chi connectivity index (χ1v) is 7.81. The van der Waals surface area contributed by atoms with Crippen molar-refractivity contribution in [1.82, 2.24) is 5.43 Å². The summed E-state index contributed by atoms with van der Waals surface area (Å²) in [7, 11) is 1.62. The zero-order chi connectivity index (χ0) is 15.8. The highest BCUT2D eigenvalue weighted by Gasteiger charge is 2.01. The largest absolute Gasteiger partial charge is 0.497 e. The van der Waals surface area contributed by atoms with Crippen molar-refractivity contribution < 1.29 is 9.53 Å². The van der Waals surface area contributed by atoms with Crippen molar-refractivity contribution in [2.45, 2.75) is 11.8 Å². The molecule has 0 heterocycles. The van der Waals surface area contributed by atoms with Gasteiger partial charge < -0.3 is 4.74 Å². The molecule has 1 amide bonds. The van der Waals surface area contributed by atoms with Gasteiger partial charge in [-0.3, -0.25) is 4.79 Å². The molecule has 0 fully saturated rings. The molecule has 0 atom stereocenters. The number of rotatable bonds is 6. The van der Waals surface area contributed by atoms with Crippen LogP contribution in [0.25, 0.3) is 0 Å². The van der Waals surface area contributed by atoms with Crippen LogP contribution in [0.2, 0.25) is 0 Å². The zero-order valence-corrected chi connectivity index (χ0v) is 13.4. The van der Waals surface area contributed by atoms with Crippen LogP contribution in [0.3, 0.4) is 0 Å². The fourth-order valence-electron chi connectivity index (χ4n) is 1.68. The van der Waals surface area contributed by atoms with E-state index >= 15 is 0 Å². The highest BCUT2D eigenvalue weighted by atomic mass is 32.2. The van der Waals surface area contributed by atoms with Gasteiger partial charge in [0.05, 0.1) is 19.1 Å². The lowest BCUT2D eigenvalue weighted by Crippen LogP contribution is -2.19. The quantitative estimate of drug-likeness (QED) is 0.506. The van der Waals surface area contributed by atoms with Crippen molar-refractivity contribution in [1.29, 1.82) is 0 Å². The topological polar surface area (TPSA) is 50.7 Å². The summed E-state index contributed by atoms with van der Waals surface area (Å²) in [6.45, 7) is 2.04. The molecule has 0 unspecified atom stereocenters. The van der Waals surface area contributed by atoms with Crippen molar-refractivity contribution in [2.24, 2.45) is 5.10 Å². The first-order valence-electron chi connectivity index (χ1n) is 6.83. The highest BCUT2D eigenvalue weighted by molar-refractivity contribution is 8.00. The van der Waals surface area contributed by atoms with E-state index < -0.39 is 0 Å². The minimum Gasteiger partial charge on any atom is -0.497 e. The van der Waals surface area contributed by atoms with Gasteiger partial charge in [0, 0.05) is 4.90 Å². The summed E-state index contributed by atoms with van der Waals surface area (Å²) in [5, 5.41) is 3.94. The number of ether oxygens (including phenoxy) is 1. The Kier molecular flexibility index (Phi) is 6.03. The number of aryl methyl sites for hydroxylation is 1. The van der Waals surface area contributed by atoms with Gasteiger partial charge in [0.25, 0.3) is 0 Å². The van der Waals surface area contributed by atoms with Crippen LogP contribution < -0.4 is 10.2 Å². The van der Waals surface area contributed by atoms with Gasteiger partial charge in [-0.15, -0.1) is 11.8 Å². The van der Waals surface area contributed by atoms with Gasteiger partial charge >= 0.3 is 0 Å². The third-order valence-corrected chi connectivity index (χ3v) is 3.92. The van der Waals surface area contributed by atoms with E-state index in [0.29, 0.717) is 5.75 Å². The molecule has 2 aromatic rings. The van der Waals surface area contributed by atoms with Crippen LogP contribution in [0.1, 0.15) is 11.1 Å². The third-order valence-electron chi connectivity index (χ3n) is 2.91. The van der Waals surface area contributed by atoms with E-state index in [9.17, 15) is 4.79 Å². The third kappa shape index (κ3) is 5.26. The Hall–Kier alpha value is -2.27. The fraction of sp³-hybridized carbons (Fsp3) is 0.176. The Morgan fingerprint density at radius 3 is 2.50 bits per heavy atom. The van der Waals surface area contributed by atoms with E-state index in [2.05, 4.69) is 10.5 Å². The van der Waals surface area contributed by atoms with E-state index in [0.717, 1.165) is 16.2 Å². The normalized spacial score (nSPS) is 10.6. The van der Waals surface area contributed by atoms with Crippen LogP contribution in [0.4, 0.5) is 0 Å². The van der Waals surface area contributed by atoms with Gasteiger partial charge in [0.2, 0.25) is 5.91 Å². The Labute approximate surface area is 134 Å². The molecule has 4 nitrogen and oxygen atoms in total. The SMILES string of the molecule is COc1ccc(/C=N\NC(=O)CSc2ccc(C)cc2)cc1.